The molecule has 134 valence electrons. The highest BCUT2D eigenvalue weighted by Gasteiger charge is 2.17. The van der Waals surface area contributed by atoms with Gasteiger partial charge in [0.2, 0.25) is 5.91 Å². The van der Waals surface area contributed by atoms with E-state index in [2.05, 4.69) is 25.3 Å². The van der Waals surface area contributed by atoms with E-state index < -0.39 is 11.5 Å². The molecule has 0 fully saturated rings. The fourth-order valence-corrected chi connectivity index (χ4v) is 2.36. The van der Waals surface area contributed by atoms with Crippen LogP contribution in [0, 0.1) is 0 Å². The average Bonchev–Trinajstić information content (AvgIpc) is 2.62. The van der Waals surface area contributed by atoms with E-state index in [0.29, 0.717) is 17.6 Å². The Balaban J connectivity index is 2.58. The number of hydrogen-bond donors (Lipinski definition) is 2. The second-order valence-electron chi connectivity index (χ2n) is 5.39. The molecule has 0 radical (unpaired) electrons. The molecule has 0 aliphatic rings. The number of pyridine rings is 1. The molecule has 0 bridgehead atoms. The number of nitrogens with one attached hydrogen (secondary N) is 2. The molecule has 9 heteroatoms. The van der Waals surface area contributed by atoms with E-state index in [-0.39, 0.29) is 23.8 Å². The van der Waals surface area contributed by atoms with Crippen molar-refractivity contribution < 1.29 is 14.3 Å². The molecule has 2 aromatic heterocycles. The number of carbonyl (C=O) groups excluding carboxylic acids is 2. The van der Waals surface area contributed by atoms with Crippen LogP contribution >= 0.6 is 0 Å². The SMILES string of the molecule is CCCCC(=O)Nc1cc2c(NC)ncnc2n(CC(=O)OC)c1=O. The van der Waals surface area contributed by atoms with Gasteiger partial charge >= 0.3 is 5.97 Å². The van der Waals surface area contributed by atoms with Gasteiger partial charge in [0.15, 0.2) is 0 Å². The molecule has 1 amide bonds. The van der Waals surface area contributed by atoms with Crippen molar-refractivity contribution in [2.75, 3.05) is 24.8 Å². The Labute approximate surface area is 144 Å². The molecule has 0 aromatic carbocycles. The van der Waals surface area contributed by atoms with Crippen LogP contribution in [0.3, 0.4) is 0 Å². The summed E-state index contributed by atoms with van der Waals surface area (Å²) in [5, 5.41) is 6.03. The summed E-state index contributed by atoms with van der Waals surface area (Å²) >= 11 is 0. The first-order valence-corrected chi connectivity index (χ1v) is 7.94. The van der Waals surface area contributed by atoms with Gasteiger partial charge in [-0.25, -0.2) is 9.97 Å². The first-order valence-electron chi connectivity index (χ1n) is 7.94. The third kappa shape index (κ3) is 4.11. The van der Waals surface area contributed by atoms with Crippen molar-refractivity contribution in [2.24, 2.45) is 0 Å². The Morgan fingerprint density at radius 2 is 2.08 bits per heavy atom. The summed E-state index contributed by atoms with van der Waals surface area (Å²) in [5.74, 6) is -0.374. The maximum atomic E-state index is 12.7. The molecule has 0 unspecified atom stereocenters. The Morgan fingerprint density at radius 3 is 2.72 bits per heavy atom. The zero-order chi connectivity index (χ0) is 18.4. The lowest BCUT2D eigenvalue weighted by Gasteiger charge is -2.13. The summed E-state index contributed by atoms with van der Waals surface area (Å²) in [7, 11) is 2.91. The third-order valence-electron chi connectivity index (χ3n) is 3.67. The van der Waals surface area contributed by atoms with Gasteiger partial charge in [-0.05, 0) is 12.5 Å². The maximum absolute atomic E-state index is 12.7. The van der Waals surface area contributed by atoms with Crippen LogP contribution in [0.1, 0.15) is 26.2 Å². The van der Waals surface area contributed by atoms with Gasteiger partial charge < -0.3 is 15.4 Å². The number of aromatic nitrogens is 3. The molecule has 9 nitrogen and oxygen atoms in total. The fourth-order valence-electron chi connectivity index (χ4n) is 2.36. The van der Waals surface area contributed by atoms with E-state index >= 15 is 0 Å². The molecule has 0 saturated heterocycles. The minimum Gasteiger partial charge on any atom is -0.468 e. The summed E-state index contributed by atoms with van der Waals surface area (Å²) in [6, 6.07) is 1.52. The molecule has 25 heavy (non-hydrogen) atoms. The number of unbranched alkanes of at least 4 members (excludes halogenated alkanes) is 1. The highest BCUT2D eigenvalue weighted by atomic mass is 16.5. The van der Waals surface area contributed by atoms with Gasteiger partial charge in [-0.1, -0.05) is 13.3 Å². The highest BCUT2D eigenvalue weighted by Crippen LogP contribution is 2.20. The number of amides is 1. The van der Waals surface area contributed by atoms with Crippen molar-refractivity contribution in [1.82, 2.24) is 14.5 Å². The predicted molar refractivity (Wildman–Crippen MR) is 93.5 cm³/mol. The molecule has 2 N–H and O–H groups in total. The van der Waals surface area contributed by atoms with Crippen LogP contribution in [-0.2, 0) is 20.9 Å². The molecular formula is C16H21N5O4. The van der Waals surface area contributed by atoms with Crippen LogP contribution in [0.25, 0.3) is 11.0 Å². The van der Waals surface area contributed by atoms with E-state index in [1.54, 1.807) is 7.05 Å². The second kappa shape index (κ2) is 8.22. The lowest BCUT2D eigenvalue weighted by Crippen LogP contribution is -2.29. The van der Waals surface area contributed by atoms with E-state index in [1.807, 2.05) is 6.92 Å². The van der Waals surface area contributed by atoms with Gasteiger partial charge in [-0.15, -0.1) is 0 Å². The lowest BCUT2D eigenvalue weighted by molar-refractivity contribution is -0.141. The van der Waals surface area contributed by atoms with Crippen molar-refractivity contribution in [3.8, 4) is 0 Å². The van der Waals surface area contributed by atoms with E-state index in [4.69, 9.17) is 0 Å². The van der Waals surface area contributed by atoms with Crippen molar-refractivity contribution >= 4 is 34.4 Å². The second-order valence-corrected chi connectivity index (χ2v) is 5.39. The van der Waals surface area contributed by atoms with Gasteiger partial charge in [0.05, 0.1) is 12.5 Å². The summed E-state index contributed by atoms with van der Waals surface area (Å²) < 4.78 is 5.81. The van der Waals surface area contributed by atoms with Crippen LogP contribution in [0.5, 0.6) is 0 Å². The molecule has 0 spiro atoms. The van der Waals surface area contributed by atoms with Crippen LogP contribution in [0.2, 0.25) is 0 Å². The fraction of sp³-hybridized carbons (Fsp3) is 0.438. The van der Waals surface area contributed by atoms with Gasteiger partial charge in [0.25, 0.3) is 5.56 Å². The Kier molecular flexibility index (Phi) is 6.04. The quantitative estimate of drug-likeness (QED) is 0.721. The van der Waals surface area contributed by atoms with Gasteiger partial charge in [0.1, 0.15) is 30.0 Å². The Morgan fingerprint density at radius 1 is 1.32 bits per heavy atom. The number of hydrogen-bond acceptors (Lipinski definition) is 7. The minimum absolute atomic E-state index is 0.0730. The summed E-state index contributed by atoms with van der Waals surface area (Å²) in [6.07, 6.45) is 3.20. The topological polar surface area (TPSA) is 115 Å². The number of anilines is 2. The van der Waals surface area contributed by atoms with Gasteiger partial charge in [-0.3, -0.25) is 19.0 Å². The third-order valence-corrected chi connectivity index (χ3v) is 3.67. The number of carbonyl (C=O) groups is 2. The lowest BCUT2D eigenvalue weighted by atomic mass is 10.2. The van der Waals surface area contributed by atoms with Crippen LogP contribution < -0.4 is 16.2 Å². The van der Waals surface area contributed by atoms with Crippen LogP contribution in [0.15, 0.2) is 17.2 Å². The normalized spacial score (nSPS) is 10.5. The van der Waals surface area contributed by atoms with Crippen molar-refractivity contribution in [3.63, 3.8) is 0 Å². The van der Waals surface area contributed by atoms with Crippen molar-refractivity contribution in [3.05, 3.63) is 22.7 Å². The molecule has 2 heterocycles. The predicted octanol–water partition coefficient (Wildman–Crippen LogP) is 1.13. The Hall–Kier alpha value is -2.97. The number of ether oxygens (including phenoxy) is 1. The smallest absolute Gasteiger partial charge is 0.325 e. The number of esters is 1. The van der Waals surface area contributed by atoms with Crippen molar-refractivity contribution in [2.45, 2.75) is 32.7 Å². The van der Waals surface area contributed by atoms with E-state index in [1.165, 1.54) is 24.1 Å². The average molecular weight is 347 g/mol. The summed E-state index contributed by atoms with van der Waals surface area (Å²) in [5.41, 5.74) is -0.173. The standard InChI is InChI=1S/C16H21N5O4/c1-4-5-6-12(22)20-11-7-10-14(17-2)18-9-19-15(10)21(16(11)24)8-13(23)25-3/h7,9H,4-6,8H2,1-3H3,(H,20,22)(H,17,18,19). The monoisotopic (exact) mass is 347 g/mol. The van der Waals surface area contributed by atoms with E-state index in [0.717, 1.165) is 12.8 Å². The first kappa shape index (κ1) is 18.4. The molecule has 2 rings (SSSR count). The van der Waals surface area contributed by atoms with Crippen LogP contribution in [-0.4, -0.2) is 40.6 Å². The van der Waals surface area contributed by atoms with Gasteiger partial charge in [0, 0.05) is 13.5 Å². The highest BCUT2D eigenvalue weighted by molar-refractivity contribution is 5.95. The van der Waals surface area contributed by atoms with Crippen molar-refractivity contribution in [1.29, 1.82) is 0 Å². The van der Waals surface area contributed by atoms with Gasteiger partial charge in [-0.2, -0.15) is 0 Å². The number of methoxy groups -OCH3 is 1. The molecule has 0 atom stereocenters. The summed E-state index contributed by atoms with van der Waals surface area (Å²) in [4.78, 5) is 44.6. The summed E-state index contributed by atoms with van der Waals surface area (Å²) in [6.45, 7) is 1.66. The maximum Gasteiger partial charge on any atom is 0.325 e. The van der Waals surface area contributed by atoms with E-state index in [9.17, 15) is 14.4 Å². The zero-order valence-electron chi connectivity index (χ0n) is 14.5. The zero-order valence-corrected chi connectivity index (χ0v) is 14.5. The number of nitrogens with zero attached hydrogens (tertiary/aromatic N) is 3. The number of rotatable bonds is 7. The minimum atomic E-state index is -0.595. The molecule has 0 aliphatic carbocycles. The van der Waals surface area contributed by atoms with Crippen LogP contribution in [0.4, 0.5) is 11.5 Å². The largest absolute Gasteiger partial charge is 0.468 e. The first-order chi connectivity index (χ1) is 12.0. The Bertz CT molecular complexity index is 846. The molecule has 0 saturated carbocycles. The molecule has 2 aromatic rings. The number of fused-ring (bicyclic) bond motifs is 1. The molecular weight excluding hydrogens is 326 g/mol. The molecule has 0 aliphatic heterocycles.